The van der Waals surface area contributed by atoms with Crippen molar-refractivity contribution in [3.63, 3.8) is 0 Å². The van der Waals surface area contributed by atoms with Crippen LogP contribution in [0.25, 0.3) is 0 Å². The van der Waals surface area contributed by atoms with Crippen LogP contribution in [0.1, 0.15) is 0 Å². The molecule has 7 heavy (non-hydrogen) atoms. The summed E-state index contributed by atoms with van der Waals surface area (Å²) < 4.78 is 4.76. The van der Waals surface area contributed by atoms with Gasteiger partial charge in [-0.15, -0.1) is 0 Å². The van der Waals surface area contributed by atoms with Gasteiger partial charge in [-0.3, -0.25) is 5.43 Å². The largest absolute Gasteiger partial charge is 0.368 e. The third-order valence-electron chi connectivity index (χ3n) is 0.704. The molecular weight excluding hydrogens is 92.1 g/mol. The molecule has 0 aromatic rings. The molecule has 0 saturated carbocycles. The Morgan fingerprint density at radius 3 is 2.43 bits per heavy atom. The quantitative estimate of drug-likeness (QED) is 0.391. The third kappa shape index (κ3) is 3.72. The van der Waals surface area contributed by atoms with Crippen molar-refractivity contribution in [1.29, 1.82) is 0 Å². The van der Waals surface area contributed by atoms with Crippen molar-refractivity contribution in [3.8, 4) is 0 Å². The Morgan fingerprint density at radius 1 is 1.71 bits per heavy atom. The topological polar surface area (TPSA) is 24.5 Å². The number of nitrogens with zero attached hydrogens (tertiary/aromatic N) is 1. The molecule has 0 aromatic heterocycles. The first-order valence-electron chi connectivity index (χ1n) is 2.18. The van der Waals surface area contributed by atoms with Crippen LogP contribution in [0.5, 0.6) is 0 Å². The summed E-state index contributed by atoms with van der Waals surface area (Å²) in [6.45, 7) is 0.622. The Bertz CT molecular complexity index is 40.7. The van der Waals surface area contributed by atoms with Crippen molar-refractivity contribution < 1.29 is 4.74 Å². The van der Waals surface area contributed by atoms with Crippen molar-refractivity contribution in [2.75, 3.05) is 27.9 Å². The average Bonchev–Trinajstić information content (AvgIpc) is 1.68. The molecule has 44 valence electrons. The summed E-state index contributed by atoms with van der Waals surface area (Å²) in [4.78, 5) is 0. The molecule has 0 aliphatic rings. The highest BCUT2D eigenvalue weighted by Gasteiger charge is 1.85. The number of rotatable bonds is 3. The predicted molar refractivity (Wildman–Crippen MR) is 28.7 cm³/mol. The van der Waals surface area contributed by atoms with Crippen LogP contribution in [0.4, 0.5) is 0 Å². The standard InChI is InChI=1S/C4H12N2O/c1-5-6(2)4-7-3/h5H,4H2,1-3H3. The highest BCUT2D eigenvalue weighted by Crippen LogP contribution is 1.69. The maximum Gasteiger partial charge on any atom is 0.111 e. The fraction of sp³-hybridized carbons (Fsp3) is 1.00. The van der Waals surface area contributed by atoms with E-state index in [1.807, 2.05) is 19.1 Å². The lowest BCUT2D eigenvalue weighted by atomic mass is 11.0. The van der Waals surface area contributed by atoms with Crippen molar-refractivity contribution in [2.45, 2.75) is 0 Å². The monoisotopic (exact) mass is 104 g/mol. The zero-order chi connectivity index (χ0) is 5.70. The molecule has 0 radical (unpaired) electrons. The molecule has 0 spiro atoms. The number of hydrazine groups is 1. The van der Waals surface area contributed by atoms with Gasteiger partial charge in [0.15, 0.2) is 0 Å². The zero-order valence-corrected chi connectivity index (χ0v) is 5.06. The Hall–Kier alpha value is -0.120. The van der Waals surface area contributed by atoms with Gasteiger partial charge in [-0.05, 0) is 7.05 Å². The van der Waals surface area contributed by atoms with Crippen molar-refractivity contribution in [2.24, 2.45) is 0 Å². The summed E-state index contributed by atoms with van der Waals surface area (Å²) >= 11 is 0. The Balaban J connectivity index is 2.83. The van der Waals surface area contributed by atoms with Crippen LogP contribution in [0.15, 0.2) is 0 Å². The van der Waals surface area contributed by atoms with Crippen molar-refractivity contribution in [1.82, 2.24) is 10.4 Å². The summed E-state index contributed by atoms with van der Waals surface area (Å²) in [5.41, 5.74) is 2.87. The number of ether oxygens (including phenoxy) is 1. The average molecular weight is 104 g/mol. The first kappa shape index (κ1) is 6.88. The SMILES string of the molecule is CNN(C)COC. The van der Waals surface area contributed by atoms with Crippen LogP contribution in [0.2, 0.25) is 0 Å². The van der Waals surface area contributed by atoms with Crippen LogP contribution in [-0.2, 0) is 4.74 Å². The molecule has 0 unspecified atom stereocenters. The Kier molecular flexibility index (Phi) is 3.98. The van der Waals surface area contributed by atoms with E-state index in [0.29, 0.717) is 6.73 Å². The van der Waals surface area contributed by atoms with Crippen LogP contribution in [-0.4, -0.2) is 32.9 Å². The maximum atomic E-state index is 4.76. The predicted octanol–water partition coefficient (Wildman–Crippen LogP) is -0.344. The van der Waals surface area contributed by atoms with E-state index in [1.54, 1.807) is 7.11 Å². The second kappa shape index (κ2) is 4.05. The molecule has 3 heteroatoms. The van der Waals surface area contributed by atoms with Gasteiger partial charge >= 0.3 is 0 Å². The van der Waals surface area contributed by atoms with Crippen LogP contribution in [0, 0.1) is 0 Å². The first-order valence-corrected chi connectivity index (χ1v) is 2.18. The Morgan fingerprint density at radius 2 is 2.29 bits per heavy atom. The molecule has 0 aliphatic carbocycles. The molecule has 0 aromatic carbocycles. The number of hydrogen-bond acceptors (Lipinski definition) is 3. The number of hydrogen-bond donors (Lipinski definition) is 1. The van der Waals surface area contributed by atoms with Crippen LogP contribution < -0.4 is 5.43 Å². The van der Waals surface area contributed by atoms with E-state index in [2.05, 4.69) is 5.43 Å². The maximum absolute atomic E-state index is 4.76. The van der Waals surface area contributed by atoms with E-state index in [-0.39, 0.29) is 0 Å². The van der Waals surface area contributed by atoms with E-state index in [9.17, 15) is 0 Å². The van der Waals surface area contributed by atoms with Crippen molar-refractivity contribution >= 4 is 0 Å². The lowest BCUT2D eigenvalue weighted by Gasteiger charge is -2.11. The second-order valence-electron chi connectivity index (χ2n) is 1.34. The molecule has 3 nitrogen and oxygen atoms in total. The summed E-state index contributed by atoms with van der Waals surface area (Å²) in [5.74, 6) is 0. The van der Waals surface area contributed by atoms with Gasteiger partial charge in [0.2, 0.25) is 0 Å². The normalized spacial score (nSPS) is 10.3. The zero-order valence-electron chi connectivity index (χ0n) is 5.06. The van der Waals surface area contributed by atoms with E-state index < -0.39 is 0 Å². The lowest BCUT2D eigenvalue weighted by molar-refractivity contribution is 0.0544. The highest BCUT2D eigenvalue weighted by atomic mass is 16.5. The fourth-order valence-electron chi connectivity index (χ4n) is 0.258. The molecular formula is C4H12N2O. The van der Waals surface area contributed by atoms with E-state index in [4.69, 9.17) is 4.74 Å². The van der Waals surface area contributed by atoms with Gasteiger partial charge in [-0.25, -0.2) is 5.01 Å². The summed E-state index contributed by atoms with van der Waals surface area (Å²) in [6.07, 6.45) is 0. The van der Waals surface area contributed by atoms with Gasteiger partial charge in [-0.2, -0.15) is 0 Å². The second-order valence-corrected chi connectivity index (χ2v) is 1.34. The van der Waals surface area contributed by atoms with Gasteiger partial charge in [0.1, 0.15) is 6.73 Å². The fourth-order valence-corrected chi connectivity index (χ4v) is 0.258. The molecule has 0 atom stereocenters. The van der Waals surface area contributed by atoms with E-state index >= 15 is 0 Å². The Labute approximate surface area is 44.2 Å². The summed E-state index contributed by atoms with van der Waals surface area (Å²) in [7, 11) is 5.41. The summed E-state index contributed by atoms with van der Waals surface area (Å²) in [5, 5.41) is 1.83. The molecule has 0 amide bonds. The lowest BCUT2D eigenvalue weighted by Crippen LogP contribution is -2.32. The van der Waals surface area contributed by atoms with Gasteiger partial charge in [-0.1, -0.05) is 0 Å². The number of nitrogens with one attached hydrogen (secondary N) is 1. The molecule has 0 heterocycles. The first-order chi connectivity index (χ1) is 3.31. The third-order valence-corrected chi connectivity index (χ3v) is 0.704. The molecule has 0 aliphatic heterocycles. The molecule has 0 rings (SSSR count). The number of methoxy groups -OCH3 is 1. The molecule has 0 bridgehead atoms. The van der Waals surface area contributed by atoms with Crippen molar-refractivity contribution in [3.05, 3.63) is 0 Å². The van der Waals surface area contributed by atoms with E-state index in [1.165, 1.54) is 0 Å². The van der Waals surface area contributed by atoms with Gasteiger partial charge < -0.3 is 4.74 Å². The minimum atomic E-state index is 0.622. The minimum absolute atomic E-state index is 0.622. The van der Waals surface area contributed by atoms with Crippen LogP contribution in [0.3, 0.4) is 0 Å². The highest BCUT2D eigenvalue weighted by molar-refractivity contribution is 4.22. The van der Waals surface area contributed by atoms with Gasteiger partial charge in [0, 0.05) is 14.2 Å². The van der Waals surface area contributed by atoms with Gasteiger partial charge in [0.25, 0.3) is 0 Å². The van der Waals surface area contributed by atoms with E-state index in [0.717, 1.165) is 0 Å². The molecule has 1 N–H and O–H groups in total. The summed E-state index contributed by atoms with van der Waals surface area (Å²) in [6, 6.07) is 0. The molecule has 0 fully saturated rings. The smallest absolute Gasteiger partial charge is 0.111 e. The van der Waals surface area contributed by atoms with Gasteiger partial charge in [0.05, 0.1) is 0 Å². The van der Waals surface area contributed by atoms with Crippen LogP contribution >= 0.6 is 0 Å². The minimum Gasteiger partial charge on any atom is -0.368 e. The molecule has 0 saturated heterocycles.